The van der Waals surface area contributed by atoms with Crippen LogP contribution in [-0.4, -0.2) is 18.9 Å². The summed E-state index contributed by atoms with van der Waals surface area (Å²) in [5.74, 6) is 0.561. The van der Waals surface area contributed by atoms with Gasteiger partial charge in [-0.15, -0.1) is 0 Å². The molecular weight excluding hydrogens is 286 g/mol. The summed E-state index contributed by atoms with van der Waals surface area (Å²) in [6.07, 6.45) is 1.82. The van der Waals surface area contributed by atoms with Crippen LogP contribution in [0, 0.1) is 13.8 Å². The highest BCUT2D eigenvalue weighted by molar-refractivity contribution is 5.67. The number of piperidine rings is 1. The highest BCUT2D eigenvalue weighted by Gasteiger charge is 2.38. The summed E-state index contributed by atoms with van der Waals surface area (Å²) in [4.78, 5) is 0. The van der Waals surface area contributed by atoms with Gasteiger partial charge in [0.15, 0.2) is 0 Å². The van der Waals surface area contributed by atoms with Crippen LogP contribution >= 0.6 is 0 Å². The van der Waals surface area contributed by atoms with Crippen LogP contribution in [0.15, 0.2) is 36.4 Å². The normalized spacial score (nSPS) is 19.2. The smallest absolute Gasteiger partial charge is 0.213 e. The van der Waals surface area contributed by atoms with Gasteiger partial charge >= 0.3 is 0 Å². The quantitative estimate of drug-likeness (QED) is 0.865. The number of nitrogens with one attached hydrogen (secondary N) is 1. The van der Waals surface area contributed by atoms with Crippen LogP contribution in [0.1, 0.15) is 29.5 Å². The second-order valence-electron chi connectivity index (χ2n) is 6.67. The Morgan fingerprint density at radius 3 is 2.43 bits per heavy atom. The summed E-state index contributed by atoms with van der Waals surface area (Å²) >= 11 is 0. The molecule has 0 bridgehead atoms. The monoisotopic (exact) mass is 309 g/mol. The average Bonchev–Trinajstić information content (AvgIpc) is 2.58. The van der Waals surface area contributed by atoms with E-state index in [0.29, 0.717) is 6.61 Å². The Balaban J connectivity index is 1.63. The second-order valence-corrected chi connectivity index (χ2v) is 6.67. The summed E-state index contributed by atoms with van der Waals surface area (Å²) in [6, 6.07) is 13.1. The van der Waals surface area contributed by atoms with E-state index in [1.807, 2.05) is 0 Å². The summed E-state index contributed by atoms with van der Waals surface area (Å²) < 4.78 is 12.3. The number of rotatable bonds is 1. The zero-order chi connectivity index (χ0) is 15.9. The molecule has 4 rings (SSSR count). The molecule has 1 fully saturated rings. The highest BCUT2D eigenvalue weighted by atomic mass is 16.7. The zero-order valence-electron chi connectivity index (χ0n) is 13.8. The van der Waals surface area contributed by atoms with Crippen LogP contribution in [0.3, 0.4) is 0 Å². The number of hydrogen-bond acceptors (Lipinski definition) is 3. The molecule has 1 saturated heterocycles. The van der Waals surface area contributed by atoms with E-state index >= 15 is 0 Å². The first-order valence-corrected chi connectivity index (χ1v) is 8.39. The predicted molar refractivity (Wildman–Crippen MR) is 91.6 cm³/mol. The number of ether oxygens (including phenoxy) is 2. The Kier molecular flexibility index (Phi) is 3.63. The number of benzene rings is 2. The number of fused-ring (bicyclic) bond motifs is 1. The van der Waals surface area contributed by atoms with Gasteiger partial charge in [-0.25, -0.2) is 0 Å². The number of aryl methyl sites for hydroxylation is 2. The molecule has 2 aliphatic rings. The minimum atomic E-state index is -0.416. The van der Waals surface area contributed by atoms with Crippen molar-refractivity contribution in [3.05, 3.63) is 53.1 Å². The summed E-state index contributed by atoms with van der Waals surface area (Å²) in [5, 5.41) is 3.36. The zero-order valence-corrected chi connectivity index (χ0v) is 13.8. The molecule has 3 nitrogen and oxygen atoms in total. The van der Waals surface area contributed by atoms with Crippen molar-refractivity contribution in [2.75, 3.05) is 13.1 Å². The lowest BCUT2D eigenvalue weighted by atomic mass is 9.97. The molecule has 23 heavy (non-hydrogen) atoms. The lowest BCUT2D eigenvalue weighted by molar-refractivity contribution is -0.218. The third-order valence-corrected chi connectivity index (χ3v) is 5.05. The summed E-state index contributed by atoms with van der Waals surface area (Å²) in [7, 11) is 0. The maximum Gasteiger partial charge on any atom is 0.213 e. The van der Waals surface area contributed by atoms with Gasteiger partial charge in [0, 0.05) is 31.5 Å². The molecule has 120 valence electrons. The fourth-order valence-electron chi connectivity index (χ4n) is 3.39. The van der Waals surface area contributed by atoms with Crippen molar-refractivity contribution in [2.24, 2.45) is 0 Å². The Hall–Kier alpha value is -1.84. The third-order valence-electron chi connectivity index (χ3n) is 5.05. The molecule has 2 aromatic carbocycles. The van der Waals surface area contributed by atoms with Crippen LogP contribution < -0.4 is 10.1 Å². The lowest BCUT2D eigenvalue weighted by Crippen LogP contribution is -2.49. The van der Waals surface area contributed by atoms with Gasteiger partial charge in [0.25, 0.3) is 0 Å². The Bertz CT molecular complexity index is 732. The van der Waals surface area contributed by atoms with E-state index in [-0.39, 0.29) is 0 Å². The fraction of sp³-hybridized carbons (Fsp3) is 0.400. The van der Waals surface area contributed by atoms with Crippen molar-refractivity contribution in [1.82, 2.24) is 5.32 Å². The van der Waals surface area contributed by atoms with Gasteiger partial charge in [-0.2, -0.15) is 0 Å². The molecule has 2 aromatic rings. The summed E-state index contributed by atoms with van der Waals surface area (Å²) in [5.41, 5.74) is 6.26. The molecule has 0 radical (unpaired) electrons. The molecule has 0 aromatic heterocycles. The topological polar surface area (TPSA) is 30.5 Å². The van der Waals surface area contributed by atoms with E-state index in [0.717, 1.165) is 37.2 Å². The Morgan fingerprint density at radius 2 is 1.65 bits per heavy atom. The van der Waals surface area contributed by atoms with Gasteiger partial charge < -0.3 is 14.8 Å². The first-order valence-electron chi connectivity index (χ1n) is 8.39. The molecule has 1 N–H and O–H groups in total. The van der Waals surface area contributed by atoms with Crippen LogP contribution in [0.25, 0.3) is 11.1 Å². The van der Waals surface area contributed by atoms with Crippen molar-refractivity contribution in [1.29, 1.82) is 0 Å². The molecule has 0 saturated carbocycles. The Labute approximate surface area is 137 Å². The molecule has 2 heterocycles. The molecule has 0 atom stereocenters. The van der Waals surface area contributed by atoms with E-state index in [2.05, 4.69) is 55.6 Å². The SMILES string of the molecule is Cc1ccc(-c2ccc3c(c2)COC2(CCNCC2)O3)cc1C. The van der Waals surface area contributed by atoms with Gasteiger partial charge in [-0.1, -0.05) is 24.3 Å². The largest absolute Gasteiger partial charge is 0.462 e. The first-order chi connectivity index (χ1) is 11.2. The first kappa shape index (κ1) is 14.7. The van der Waals surface area contributed by atoms with Gasteiger partial charge in [-0.05, 0) is 48.2 Å². The van der Waals surface area contributed by atoms with Gasteiger partial charge in [0.05, 0.1) is 6.61 Å². The second kappa shape index (κ2) is 5.66. The van der Waals surface area contributed by atoms with E-state index in [1.54, 1.807) is 0 Å². The third kappa shape index (κ3) is 2.75. The van der Waals surface area contributed by atoms with E-state index in [1.165, 1.54) is 22.3 Å². The fourth-order valence-corrected chi connectivity index (χ4v) is 3.39. The summed E-state index contributed by atoms with van der Waals surface area (Å²) in [6.45, 7) is 6.84. The molecule has 3 heteroatoms. The standard InChI is InChI=1S/C20H23NO2/c1-14-3-4-16(11-15(14)2)17-5-6-19-18(12-17)13-22-20(23-19)7-9-21-10-8-20/h3-6,11-12,21H,7-10,13H2,1-2H3. The van der Waals surface area contributed by atoms with Crippen molar-refractivity contribution < 1.29 is 9.47 Å². The van der Waals surface area contributed by atoms with Gasteiger partial charge in [0.1, 0.15) is 5.75 Å². The minimum absolute atomic E-state index is 0.416. The molecule has 0 unspecified atom stereocenters. The van der Waals surface area contributed by atoms with Crippen LogP contribution in [0.4, 0.5) is 0 Å². The van der Waals surface area contributed by atoms with Crippen LogP contribution in [0.5, 0.6) is 5.75 Å². The molecular formula is C20H23NO2. The number of hydrogen-bond donors (Lipinski definition) is 1. The van der Waals surface area contributed by atoms with E-state index in [4.69, 9.17) is 9.47 Å². The van der Waals surface area contributed by atoms with Crippen molar-refractivity contribution >= 4 is 0 Å². The Morgan fingerprint density at radius 1 is 0.913 bits per heavy atom. The molecule has 1 spiro atoms. The van der Waals surface area contributed by atoms with Gasteiger partial charge in [-0.3, -0.25) is 0 Å². The average molecular weight is 309 g/mol. The minimum Gasteiger partial charge on any atom is -0.462 e. The molecule has 0 aliphatic carbocycles. The van der Waals surface area contributed by atoms with E-state index < -0.39 is 5.79 Å². The lowest BCUT2D eigenvalue weighted by Gasteiger charge is -2.41. The molecule has 2 aliphatic heterocycles. The molecule has 0 amide bonds. The predicted octanol–water partition coefficient (Wildman–Crippen LogP) is 3.96. The van der Waals surface area contributed by atoms with Gasteiger partial charge in [0.2, 0.25) is 5.79 Å². The van der Waals surface area contributed by atoms with Crippen molar-refractivity contribution in [2.45, 2.75) is 39.1 Å². The van der Waals surface area contributed by atoms with E-state index in [9.17, 15) is 0 Å². The highest BCUT2D eigenvalue weighted by Crippen LogP contribution is 2.38. The van der Waals surface area contributed by atoms with Crippen LogP contribution in [0.2, 0.25) is 0 Å². The van der Waals surface area contributed by atoms with Crippen molar-refractivity contribution in [3.63, 3.8) is 0 Å². The van der Waals surface area contributed by atoms with Crippen molar-refractivity contribution in [3.8, 4) is 16.9 Å². The van der Waals surface area contributed by atoms with Crippen LogP contribution in [-0.2, 0) is 11.3 Å². The maximum absolute atomic E-state index is 6.23. The maximum atomic E-state index is 6.23.